The van der Waals surface area contributed by atoms with Crippen molar-refractivity contribution in [3.8, 4) is 11.8 Å². The van der Waals surface area contributed by atoms with Crippen molar-refractivity contribution in [1.29, 1.82) is 5.26 Å². The Morgan fingerprint density at radius 2 is 2.12 bits per heavy atom. The fraction of sp³-hybridized carbons (Fsp3) is 0.333. The Kier molecular flexibility index (Phi) is 4.39. The molecule has 1 aliphatic rings. The summed E-state index contributed by atoms with van der Waals surface area (Å²) in [5.74, 6) is 1.62. The molecular weight excluding hydrogens is 348 g/mol. The molecule has 26 heavy (non-hydrogen) atoms. The van der Waals surface area contributed by atoms with E-state index in [1.807, 2.05) is 18.4 Å². The topological polar surface area (TPSA) is 79.3 Å². The number of hydrogen-bond donors (Lipinski definition) is 0. The van der Waals surface area contributed by atoms with Gasteiger partial charge in [-0.05, 0) is 36.8 Å². The van der Waals surface area contributed by atoms with Gasteiger partial charge >= 0.3 is 0 Å². The first-order chi connectivity index (χ1) is 12.7. The van der Waals surface area contributed by atoms with Gasteiger partial charge in [0, 0.05) is 12.6 Å². The highest BCUT2D eigenvalue weighted by Gasteiger charge is 2.32. The van der Waals surface area contributed by atoms with Crippen molar-refractivity contribution in [1.82, 2.24) is 19.6 Å². The number of imidazole rings is 1. The molecular formula is C18H18N6OS. The maximum Gasteiger partial charge on any atom is 0.209 e. The minimum Gasteiger partial charge on any atom is -0.497 e. The van der Waals surface area contributed by atoms with Gasteiger partial charge in [0.2, 0.25) is 5.16 Å². The van der Waals surface area contributed by atoms with Crippen molar-refractivity contribution in [2.75, 3.05) is 18.3 Å². The van der Waals surface area contributed by atoms with E-state index in [0.29, 0.717) is 22.5 Å². The van der Waals surface area contributed by atoms with Gasteiger partial charge in [-0.3, -0.25) is 0 Å². The van der Waals surface area contributed by atoms with Crippen molar-refractivity contribution in [2.24, 2.45) is 0 Å². The van der Waals surface area contributed by atoms with Crippen LogP contribution in [0.25, 0.3) is 5.65 Å². The fourth-order valence-electron chi connectivity index (χ4n) is 2.89. The van der Waals surface area contributed by atoms with E-state index in [2.05, 4.69) is 33.2 Å². The molecule has 2 heterocycles. The Bertz CT molecular complexity index is 974. The number of hydrogen-bond acceptors (Lipinski definition) is 7. The Labute approximate surface area is 155 Å². The molecule has 2 aromatic heterocycles. The van der Waals surface area contributed by atoms with Crippen LogP contribution in [0.2, 0.25) is 0 Å². The van der Waals surface area contributed by atoms with Gasteiger partial charge in [0.05, 0.1) is 13.3 Å². The second-order valence-electron chi connectivity index (χ2n) is 6.12. The highest BCUT2D eigenvalue weighted by molar-refractivity contribution is 7.98. The van der Waals surface area contributed by atoms with E-state index >= 15 is 0 Å². The first-order valence-electron chi connectivity index (χ1n) is 8.33. The van der Waals surface area contributed by atoms with Crippen LogP contribution >= 0.6 is 11.8 Å². The quantitative estimate of drug-likeness (QED) is 0.621. The minimum atomic E-state index is 0.416. The monoisotopic (exact) mass is 366 g/mol. The molecule has 0 radical (unpaired) electrons. The largest absolute Gasteiger partial charge is 0.497 e. The van der Waals surface area contributed by atoms with Gasteiger partial charge in [-0.2, -0.15) is 14.8 Å². The summed E-state index contributed by atoms with van der Waals surface area (Å²) in [6.07, 6.45) is 5.74. The number of anilines is 1. The molecule has 1 saturated carbocycles. The van der Waals surface area contributed by atoms with Crippen molar-refractivity contribution < 1.29 is 4.74 Å². The van der Waals surface area contributed by atoms with Gasteiger partial charge < -0.3 is 9.64 Å². The Morgan fingerprint density at radius 3 is 2.73 bits per heavy atom. The molecule has 8 heteroatoms. The number of aromatic nitrogens is 4. The Morgan fingerprint density at radius 1 is 1.35 bits per heavy atom. The Balaban J connectivity index is 1.76. The van der Waals surface area contributed by atoms with Crippen LogP contribution in [-0.2, 0) is 6.54 Å². The molecule has 0 N–H and O–H groups in total. The van der Waals surface area contributed by atoms with Crippen LogP contribution in [0, 0.1) is 11.3 Å². The van der Waals surface area contributed by atoms with E-state index in [0.717, 1.165) is 31.0 Å². The van der Waals surface area contributed by atoms with E-state index in [4.69, 9.17) is 9.72 Å². The van der Waals surface area contributed by atoms with Gasteiger partial charge in [-0.15, -0.1) is 5.10 Å². The molecule has 0 spiro atoms. The van der Waals surface area contributed by atoms with Crippen LogP contribution in [0.15, 0.2) is 35.6 Å². The normalized spacial score (nSPS) is 13.6. The van der Waals surface area contributed by atoms with Crippen LogP contribution in [0.4, 0.5) is 5.82 Å². The third kappa shape index (κ3) is 3.06. The molecule has 1 aromatic carbocycles. The third-order valence-electron chi connectivity index (χ3n) is 4.39. The van der Waals surface area contributed by atoms with Crippen LogP contribution < -0.4 is 9.64 Å². The van der Waals surface area contributed by atoms with Gasteiger partial charge in [-0.25, -0.2) is 4.98 Å². The molecule has 0 unspecified atom stereocenters. The standard InChI is InChI=1S/C18H18N6OS/c1-25-15-7-3-12(4-8-15)11-23(13-5-6-13)17-16-20-10-14(9-19)24(16)22-18(21-17)26-2/h3-4,7-8,10,13H,5-6,11H2,1-2H3. The number of methoxy groups -OCH3 is 1. The van der Waals surface area contributed by atoms with E-state index in [-0.39, 0.29) is 0 Å². The van der Waals surface area contributed by atoms with Crippen LogP contribution in [0.3, 0.4) is 0 Å². The summed E-state index contributed by atoms with van der Waals surface area (Å²) in [5, 5.41) is 14.4. The molecule has 1 fully saturated rings. The molecule has 0 atom stereocenters. The number of rotatable bonds is 6. The smallest absolute Gasteiger partial charge is 0.209 e. The Hall–Kier alpha value is -2.79. The zero-order valence-corrected chi connectivity index (χ0v) is 15.4. The lowest BCUT2D eigenvalue weighted by Crippen LogP contribution is -2.27. The summed E-state index contributed by atoms with van der Waals surface area (Å²) in [6.45, 7) is 0.726. The second-order valence-corrected chi connectivity index (χ2v) is 6.89. The number of thioether (sulfide) groups is 1. The van der Waals surface area contributed by atoms with Gasteiger partial charge in [-0.1, -0.05) is 23.9 Å². The zero-order valence-electron chi connectivity index (χ0n) is 14.6. The van der Waals surface area contributed by atoms with E-state index in [1.54, 1.807) is 17.8 Å². The first-order valence-corrected chi connectivity index (χ1v) is 9.55. The lowest BCUT2D eigenvalue weighted by Gasteiger charge is -2.24. The third-order valence-corrected chi connectivity index (χ3v) is 4.93. The number of benzene rings is 1. The van der Waals surface area contributed by atoms with Crippen molar-refractivity contribution in [3.05, 3.63) is 41.7 Å². The number of fused-ring (bicyclic) bond motifs is 1. The average molecular weight is 366 g/mol. The summed E-state index contributed by atoms with van der Waals surface area (Å²) in [7, 11) is 1.66. The maximum absolute atomic E-state index is 9.32. The summed E-state index contributed by atoms with van der Waals surface area (Å²) < 4.78 is 6.84. The van der Waals surface area contributed by atoms with Crippen LogP contribution in [-0.4, -0.2) is 39.0 Å². The summed E-state index contributed by atoms with van der Waals surface area (Å²) in [5.41, 5.74) is 2.21. The molecule has 4 rings (SSSR count). The van der Waals surface area contributed by atoms with Crippen molar-refractivity contribution >= 4 is 23.2 Å². The van der Waals surface area contributed by atoms with Gasteiger partial charge in [0.15, 0.2) is 17.2 Å². The first kappa shape index (κ1) is 16.7. The fourth-order valence-corrected chi connectivity index (χ4v) is 3.24. The SMILES string of the molecule is COc1ccc(CN(c2nc(SC)nn3c(C#N)cnc23)C2CC2)cc1. The van der Waals surface area contributed by atoms with E-state index < -0.39 is 0 Å². The number of nitrogens with zero attached hydrogens (tertiary/aromatic N) is 6. The number of ether oxygens (including phenoxy) is 1. The second kappa shape index (κ2) is 6.84. The summed E-state index contributed by atoms with van der Waals surface area (Å²) >= 11 is 1.46. The lowest BCUT2D eigenvalue weighted by molar-refractivity contribution is 0.414. The van der Waals surface area contributed by atoms with Crippen LogP contribution in [0.1, 0.15) is 24.1 Å². The molecule has 3 aromatic rings. The summed E-state index contributed by atoms with van der Waals surface area (Å²) in [4.78, 5) is 11.4. The highest BCUT2D eigenvalue weighted by atomic mass is 32.2. The average Bonchev–Trinajstić information content (AvgIpc) is 3.44. The minimum absolute atomic E-state index is 0.416. The van der Waals surface area contributed by atoms with E-state index in [1.165, 1.54) is 17.3 Å². The van der Waals surface area contributed by atoms with E-state index in [9.17, 15) is 5.26 Å². The molecule has 0 amide bonds. The molecule has 0 aliphatic heterocycles. The van der Waals surface area contributed by atoms with Gasteiger partial charge in [0.25, 0.3) is 0 Å². The maximum atomic E-state index is 9.32. The highest BCUT2D eigenvalue weighted by Crippen LogP contribution is 2.34. The summed E-state index contributed by atoms with van der Waals surface area (Å²) in [6, 6.07) is 10.6. The molecule has 0 saturated heterocycles. The van der Waals surface area contributed by atoms with Gasteiger partial charge in [0.1, 0.15) is 11.8 Å². The molecule has 0 bridgehead atoms. The van der Waals surface area contributed by atoms with Crippen LogP contribution in [0.5, 0.6) is 5.75 Å². The van der Waals surface area contributed by atoms with Crippen molar-refractivity contribution in [3.63, 3.8) is 0 Å². The molecule has 7 nitrogen and oxygen atoms in total. The predicted molar refractivity (Wildman–Crippen MR) is 99.5 cm³/mol. The predicted octanol–water partition coefficient (Wildman–Crippen LogP) is 2.90. The lowest BCUT2D eigenvalue weighted by atomic mass is 10.2. The molecule has 132 valence electrons. The van der Waals surface area contributed by atoms with Crippen molar-refractivity contribution in [2.45, 2.75) is 30.6 Å². The molecule has 1 aliphatic carbocycles. The zero-order chi connectivity index (χ0) is 18.1. The number of nitriles is 1.